The fourth-order valence-electron chi connectivity index (χ4n) is 3.03. The van der Waals surface area contributed by atoms with E-state index in [1.807, 2.05) is 11.0 Å². The zero-order valence-corrected chi connectivity index (χ0v) is 13.5. The number of hydrogen-bond donors (Lipinski definition) is 1. The van der Waals surface area contributed by atoms with E-state index < -0.39 is 0 Å². The fourth-order valence-corrected chi connectivity index (χ4v) is 3.03. The predicted octanol–water partition coefficient (Wildman–Crippen LogP) is 3.00. The molecule has 1 unspecified atom stereocenters. The third kappa shape index (κ3) is 5.41. The molecule has 1 amide bonds. The van der Waals surface area contributed by atoms with Gasteiger partial charge in [-0.2, -0.15) is 0 Å². The SMILES string of the molecule is CCCN(CCc1cccc(F)c1)C(=O)CCC1CCNC1. The number of nitrogens with zero attached hydrogens (tertiary/aromatic N) is 1. The third-order valence-corrected chi connectivity index (χ3v) is 4.33. The molecule has 1 fully saturated rings. The molecule has 1 aliphatic heterocycles. The van der Waals surface area contributed by atoms with E-state index in [9.17, 15) is 9.18 Å². The first-order valence-corrected chi connectivity index (χ1v) is 8.42. The smallest absolute Gasteiger partial charge is 0.222 e. The van der Waals surface area contributed by atoms with Gasteiger partial charge in [-0.3, -0.25) is 4.79 Å². The molecule has 1 aromatic rings. The molecular formula is C18H27FN2O. The van der Waals surface area contributed by atoms with Gasteiger partial charge in [0.2, 0.25) is 5.91 Å². The minimum atomic E-state index is -0.209. The van der Waals surface area contributed by atoms with Crippen LogP contribution in [0.1, 0.15) is 38.2 Å². The fraction of sp³-hybridized carbons (Fsp3) is 0.611. The van der Waals surface area contributed by atoms with Crippen molar-refractivity contribution in [2.75, 3.05) is 26.2 Å². The maximum atomic E-state index is 13.2. The highest BCUT2D eigenvalue weighted by Gasteiger charge is 2.18. The van der Waals surface area contributed by atoms with Gasteiger partial charge in [0, 0.05) is 19.5 Å². The van der Waals surface area contributed by atoms with Gasteiger partial charge >= 0.3 is 0 Å². The molecule has 0 aliphatic carbocycles. The van der Waals surface area contributed by atoms with Crippen LogP contribution in [0.15, 0.2) is 24.3 Å². The molecule has 0 aromatic heterocycles. The van der Waals surface area contributed by atoms with Gasteiger partial charge in [-0.1, -0.05) is 19.1 Å². The second-order valence-electron chi connectivity index (χ2n) is 6.16. The van der Waals surface area contributed by atoms with Crippen LogP contribution in [-0.4, -0.2) is 37.0 Å². The van der Waals surface area contributed by atoms with Crippen LogP contribution in [0.5, 0.6) is 0 Å². The minimum Gasteiger partial charge on any atom is -0.342 e. The van der Waals surface area contributed by atoms with Crippen molar-refractivity contribution in [2.45, 2.75) is 39.0 Å². The van der Waals surface area contributed by atoms with Gasteiger partial charge in [-0.25, -0.2) is 4.39 Å². The Kier molecular flexibility index (Phi) is 6.84. The first-order valence-electron chi connectivity index (χ1n) is 8.42. The molecule has 2 rings (SSSR count). The largest absolute Gasteiger partial charge is 0.342 e. The summed E-state index contributed by atoms with van der Waals surface area (Å²) in [6.45, 7) is 5.68. The topological polar surface area (TPSA) is 32.3 Å². The summed E-state index contributed by atoms with van der Waals surface area (Å²) in [5.74, 6) is 0.681. The van der Waals surface area contributed by atoms with Crippen LogP contribution in [0.2, 0.25) is 0 Å². The molecule has 1 heterocycles. The molecule has 1 N–H and O–H groups in total. The molecule has 22 heavy (non-hydrogen) atoms. The number of carbonyl (C=O) groups is 1. The number of halogens is 1. The molecule has 0 saturated carbocycles. The number of benzene rings is 1. The van der Waals surface area contributed by atoms with Gasteiger partial charge in [0.25, 0.3) is 0 Å². The molecule has 1 saturated heterocycles. The Bertz CT molecular complexity index is 472. The monoisotopic (exact) mass is 306 g/mol. The Balaban J connectivity index is 1.81. The zero-order valence-electron chi connectivity index (χ0n) is 13.5. The number of nitrogens with one attached hydrogen (secondary N) is 1. The van der Waals surface area contributed by atoms with Crippen molar-refractivity contribution in [3.63, 3.8) is 0 Å². The highest BCUT2D eigenvalue weighted by Crippen LogP contribution is 2.15. The maximum absolute atomic E-state index is 13.2. The van der Waals surface area contributed by atoms with Crippen molar-refractivity contribution in [3.05, 3.63) is 35.6 Å². The highest BCUT2D eigenvalue weighted by molar-refractivity contribution is 5.76. The summed E-state index contributed by atoms with van der Waals surface area (Å²) < 4.78 is 13.2. The summed E-state index contributed by atoms with van der Waals surface area (Å²) in [6.07, 6.45) is 4.47. The number of amides is 1. The van der Waals surface area contributed by atoms with E-state index in [4.69, 9.17) is 0 Å². The molecule has 3 nitrogen and oxygen atoms in total. The first kappa shape index (κ1) is 16.9. The second kappa shape index (κ2) is 8.89. The number of rotatable bonds is 8. The Morgan fingerprint density at radius 2 is 2.27 bits per heavy atom. The summed E-state index contributed by atoms with van der Waals surface area (Å²) in [6, 6.07) is 6.65. The average Bonchev–Trinajstić information content (AvgIpc) is 3.02. The van der Waals surface area contributed by atoms with Crippen molar-refractivity contribution in [1.82, 2.24) is 10.2 Å². The molecular weight excluding hydrogens is 279 g/mol. The van der Waals surface area contributed by atoms with Gasteiger partial charge in [0.15, 0.2) is 0 Å². The van der Waals surface area contributed by atoms with E-state index in [-0.39, 0.29) is 11.7 Å². The summed E-state index contributed by atoms with van der Waals surface area (Å²) in [7, 11) is 0. The minimum absolute atomic E-state index is 0.209. The van der Waals surface area contributed by atoms with Crippen LogP contribution in [0.4, 0.5) is 4.39 Å². The molecule has 1 aromatic carbocycles. The van der Waals surface area contributed by atoms with E-state index in [1.165, 1.54) is 12.5 Å². The molecule has 0 radical (unpaired) electrons. The number of carbonyl (C=O) groups excluding carboxylic acids is 1. The summed E-state index contributed by atoms with van der Waals surface area (Å²) in [5, 5.41) is 3.34. The van der Waals surface area contributed by atoms with Crippen LogP contribution in [0, 0.1) is 11.7 Å². The lowest BCUT2D eigenvalue weighted by Crippen LogP contribution is -2.33. The van der Waals surface area contributed by atoms with Crippen LogP contribution in [0.25, 0.3) is 0 Å². The molecule has 0 bridgehead atoms. The van der Waals surface area contributed by atoms with Crippen molar-refractivity contribution >= 4 is 5.91 Å². The molecule has 0 spiro atoms. The van der Waals surface area contributed by atoms with Gasteiger partial charge < -0.3 is 10.2 Å². The van der Waals surface area contributed by atoms with Crippen molar-refractivity contribution < 1.29 is 9.18 Å². The van der Waals surface area contributed by atoms with E-state index in [0.29, 0.717) is 25.3 Å². The lowest BCUT2D eigenvalue weighted by Gasteiger charge is -2.23. The lowest BCUT2D eigenvalue weighted by molar-refractivity contribution is -0.131. The van der Waals surface area contributed by atoms with Crippen LogP contribution in [0.3, 0.4) is 0 Å². The Labute approximate surface area is 132 Å². The molecule has 1 atom stereocenters. The van der Waals surface area contributed by atoms with Gasteiger partial charge in [-0.15, -0.1) is 0 Å². The maximum Gasteiger partial charge on any atom is 0.222 e. The molecule has 122 valence electrons. The highest BCUT2D eigenvalue weighted by atomic mass is 19.1. The van der Waals surface area contributed by atoms with Crippen LogP contribution >= 0.6 is 0 Å². The normalized spacial score (nSPS) is 17.6. The first-order chi connectivity index (χ1) is 10.7. The van der Waals surface area contributed by atoms with Gasteiger partial charge in [0.05, 0.1) is 0 Å². The van der Waals surface area contributed by atoms with E-state index in [2.05, 4.69) is 12.2 Å². The summed E-state index contributed by atoms with van der Waals surface area (Å²) in [4.78, 5) is 14.3. The summed E-state index contributed by atoms with van der Waals surface area (Å²) in [5.41, 5.74) is 0.953. The molecule has 4 heteroatoms. The average molecular weight is 306 g/mol. The van der Waals surface area contributed by atoms with Gasteiger partial charge in [0.1, 0.15) is 5.82 Å². The van der Waals surface area contributed by atoms with Crippen LogP contribution < -0.4 is 5.32 Å². The van der Waals surface area contributed by atoms with E-state index in [1.54, 1.807) is 12.1 Å². The molecule has 1 aliphatic rings. The van der Waals surface area contributed by atoms with Crippen molar-refractivity contribution in [1.29, 1.82) is 0 Å². The van der Waals surface area contributed by atoms with Crippen molar-refractivity contribution in [3.8, 4) is 0 Å². The number of hydrogen-bond acceptors (Lipinski definition) is 2. The quantitative estimate of drug-likeness (QED) is 0.801. The van der Waals surface area contributed by atoms with Gasteiger partial charge in [-0.05, 0) is 62.4 Å². The Morgan fingerprint density at radius 3 is 2.95 bits per heavy atom. The summed E-state index contributed by atoms with van der Waals surface area (Å²) >= 11 is 0. The standard InChI is InChI=1S/C18H27FN2O/c1-2-11-21(12-9-15-4-3-5-17(19)13-15)18(22)7-6-16-8-10-20-14-16/h3-5,13,16,20H,2,6-12,14H2,1H3. The lowest BCUT2D eigenvalue weighted by atomic mass is 10.0. The van der Waals surface area contributed by atoms with E-state index >= 15 is 0 Å². The van der Waals surface area contributed by atoms with Crippen molar-refractivity contribution in [2.24, 2.45) is 5.92 Å². The van der Waals surface area contributed by atoms with E-state index in [0.717, 1.165) is 38.0 Å². The predicted molar refractivity (Wildman–Crippen MR) is 87.2 cm³/mol. The second-order valence-corrected chi connectivity index (χ2v) is 6.16. The van der Waals surface area contributed by atoms with Crippen LogP contribution in [-0.2, 0) is 11.2 Å². The zero-order chi connectivity index (χ0) is 15.8. The third-order valence-electron chi connectivity index (χ3n) is 4.33. The Morgan fingerprint density at radius 1 is 1.41 bits per heavy atom. The Hall–Kier alpha value is -1.42.